The van der Waals surface area contributed by atoms with E-state index >= 15 is 0 Å². The molecule has 0 aliphatic rings. The summed E-state index contributed by atoms with van der Waals surface area (Å²) in [7, 11) is 0. The first-order valence-electron chi connectivity index (χ1n) is 5.33. The van der Waals surface area contributed by atoms with Crippen LogP contribution in [0.1, 0.15) is 30.8 Å². The molecule has 1 heterocycles. The van der Waals surface area contributed by atoms with Crippen LogP contribution >= 0.6 is 11.3 Å². The molecule has 1 amide bonds. The fourth-order valence-corrected chi connectivity index (χ4v) is 2.36. The van der Waals surface area contributed by atoms with Crippen LogP contribution in [0.3, 0.4) is 0 Å². The number of nitrogens with one attached hydrogen (secondary N) is 1. The Kier molecular flexibility index (Phi) is 4.44. The SMILES string of the molecule is Cc1ncsc1CCNC(C)(C)CC(N)=O. The average Bonchev–Trinajstić information content (AvgIpc) is 2.49. The van der Waals surface area contributed by atoms with Gasteiger partial charge in [-0.05, 0) is 27.2 Å². The van der Waals surface area contributed by atoms with E-state index in [0.29, 0.717) is 6.42 Å². The molecule has 1 rings (SSSR count). The van der Waals surface area contributed by atoms with Crippen LogP contribution in [0.5, 0.6) is 0 Å². The lowest BCUT2D eigenvalue weighted by molar-refractivity contribution is -0.119. The molecule has 90 valence electrons. The number of nitrogens with two attached hydrogens (primary N) is 1. The maximum atomic E-state index is 10.8. The second kappa shape index (κ2) is 5.41. The quantitative estimate of drug-likeness (QED) is 0.787. The van der Waals surface area contributed by atoms with E-state index in [-0.39, 0.29) is 11.4 Å². The van der Waals surface area contributed by atoms with Gasteiger partial charge in [0.05, 0.1) is 11.2 Å². The number of primary amides is 1. The van der Waals surface area contributed by atoms with Crippen molar-refractivity contribution in [1.29, 1.82) is 0 Å². The maximum absolute atomic E-state index is 10.8. The van der Waals surface area contributed by atoms with E-state index < -0.39 is 0 Å². The highest BCUT2D eigenvalue weighted by Crippen LogP contribution is 2.13. The first-order chi connectivity index (χ1) is 7.41. The van der Waals surface area contributed by atoms with E-state index in [4.69, 9.17) is 5.73 Å². The number of amides is 1. The second-order valence-corrected chi connectivity index (χ2v) is 5.50. The van der Waals surface area contributed by atoms with Gasteiger partial charge < -0.3 is 11.1 Å². The molecule has 0 bridgehead atoms. The Morgan fingerprint density at radius 1 is 1.62 bits per heavy atom. The van der Waals surface area contributed by atoms with Crippen molar-refractivity contribution in [3.05, 3.63) is 16.1 Å². The maximum Gasteiger partial charge on any atom is 0.219 e. The van der Waals surface area contributed by atoms with Crippen LogP contribution in [0.25, 0.3) is 0 Å². The van der Waals surface area contributed by atoms with Gasteiger partial charge in [-0.25, -0.2) is 4.98 Å². The molecule has 0 radical (unpaired) electrons. The number of hydrogen-bond acceptors (Lipinski definition) is 4. The standard InChI is InChI=1S/C11H19N3OS/c1-8-9(16-7-13-8)4-5-14-11(2,3)6-10(12)15/h7,14H,4-6H2,1-3H3,(H2,12,15). The van der Waals surface area contributed by atoms with Gasteiger partial charge in [0.25, 0.3) is 0 Å². The summed E-state index contributed by atoms with van der Waals surface area (Å²) >= 11 is 1.67. The lowest BCUT2D eigenvalue weighted by Crippen LogP contribution is -2.43. The third-order valence-electron chi connectivity index (χ3n) is 2.42. The zero-order valence-electron chi connectivity index (χ0n) is 10.0. The molecule has 5 heteroatoms. The lowest BCUT2D eigenvalue weighted by atomic mass is 10.0. The van der Waals surface area contributed by atoms with Gasteiger partial charge in [-0.2, -0.15) is 0 Å². The van der Waals surface area contributed by atoms with Crippen LogP contribution in [0.4, 0.5) is 0 Å². The molecular formula is C11H19N3OS. The fourth-order valence-electron chi connectivity index (χ4n) is 1.58. The van der Waals surface area contributed by atoms with Gasteiger partial charge in [-0.3, -0.25) is 4.79 Å². The predicted molar refractivity (Wildman–Crippen MR) is 66.4 cm³/mol. The van der Waals surface area contributed by atoms with Crippen molar-refractivity contribution in [2.24, 2.45) is 5.73 Å². The van der Waals surface area contributed by atoms with Crippen molar-refractivity contribution < 1.29 is 4.79 Å². The largest absolute Gasteiger partial charge is 0.370 e. The molecule has 0 aromatic carbocycles. The van der Waals surface area contributed by atoms with Gasteiger partial charge in [0.15, 0.2) is 0 Å². The highest BCUT2D eigenvalue weighted by molar-refractivity contribution is 7.09. The molecule has 1 aromatic rings. The third-order valence-corrected chi connectivity index (χ3v) is 3.41. The first kappa shape index (κ1) is 13.1. The van der Waals surface area contributed by atoms with E-state index in [9.17, 15) is 4.79 Å². The molecular weight excluding hydrogens is 222 g/mol. The molecule has 1 aromatic heterocycles. The highest BCUT2D eigenvalue weighted by Gasteiger charge is 2.19. The average molecular weight is 241 g/mol. The second-order valence-electron chi connectivity index (χ2n) is 4.56. The molecule has 0 fully saturated rings. The Labute approximate surface area is 100 Å². The summed E-state index contributed by atoms with van der Waals surface area (Å²) in [5.41, 5.74) is 7.91. The molecule has 0 saturated carbocycles. The molecule has 16 heavy (non-hydrogen) atoms. The third kappa shape index (κ3) is 4.28. The molecule has 0 spiro atoms. The number of carbonyl (C=O) groups excluding carboxylic acids is 1. The molecule has 0 aliphatic carbocycles. The van der Waals surface area contributed by atoms with Gasteiger partial charge in [-0.15, -0.1) is 11.3 Å². The number of carbonyl (C=O) groups is 1. The Hall–Kier alpha value is -0.940. The summed E-state index contributed by atoms with van der Waals surface area (Å²) in [5.74, 6) is -0.272. The van der Waals surface area contributed by atoms with Crippen molar-refractivity contribution in [2.75, 3.05) is 6.54 Å². The van der Waals surface area contributed by atoms with Crippen molar-refractivity contribution in [3.63, 3.8) is 0 Å². The zero-order valence-corrected chi connectivity index (χ0v) is 10.9. The zero-order chi connectivity index (χ0) is 12.2. The Morgan fingerprint density at radius 2 is 2.31 bits per heavy atom. The molecule has 0 atom stereocenters. The van der Waals surface area contributed by atoms with Crippen molar-refractivity contribution in [1.82, 2.24) is 10.3 Å². The summed E-state index contributed by atoms with van der Waals surface area (Å²) in [6.07, 6.45) is 1.30. The van der Waals surface area contributed by atoms with Gasteiger partial charge >= 0.3 is 0 Å². The van der Waals surface area contributed by atoms with Gasteiger partial charge in [-0.1, -0.05) is 0 Å². The summed E-state index contributed by atoms with van der Waals surface area (Å²) in [6.45, 7) is 6.82. The molecule has 4 nitrogen and oxygen atoms in total. The summed E-state index contributed by atoms with van der Waals surface area (Å²) < 4.78 is 0. The van der Waals surface area contributed by atoms with Crippen LogP contribution in [0, 0.1) is 6.92 Å². The van der Waals surface area contributed by atoms with Crippen LogP contribution < -0.4 is 11.1 Å². The van der Waals surface area contributed by atoms with E-state index in [1.54, 1.807) is 11.3 Å². The number of aromatic nitrogens is 1. The number of thiazole rings is 1. The smallest absolute Gasteiger partial charge is 0.219 e. The van der Waals surface area contributed by atoms with Crippen LogP contribution in [0.15, 0.2) is 5.51 Å². The minimum absolute atomic E-state index is 0.232. The van der Waals surface area contributed by atoms with E-state index in [1.807, 2.05) is 26.3 Å². The fraction of sp³-hybridized carbons (Fsp3) is 0.636. The van der Waals surface area contributed by atoms with E-state index in [0.717, 1.165) is 18.7 Å². The van der Waals surface area contributed by atoms with Crippen molar-refractivity contribution in [2.45, 2.75) is 39.2 Å². The van der Waals surface area contributed by atoms with Crippen molar-refractivity contribution >= 4 is 17.2 Å². The number of rotatable bonds is 6. The number of aryl methyl sites for hydroxylation is 1. The Morgan fingerprint density at radius 3 is 2.81 bits per heavy atom. The normalized spacial score (nSPS) is 11.7. The number of hydrogen-bond donors (Lipinski definition) is 2. The Bertz CT molecular complexity index is 360. The minimum Gasteiger partial charge on any atom is -0.370 e. The molecule has 0 aliphatic heterocycles. The van der Waals surface area contributed by atoms with Gasteiger partial charge in [0, 0.05) is 23.4 Å². The first-order valence-corrected chi connectivity index (χ1v) is 6.21. The topological polar surface area (TPSA) is 68.0 Å². The minimum atomic E-state index is -0.272. The number of nitrogens with zero attached hydrogens (tertiary/aromatic N) is 1. The summed E-state index contributed by atoms with van der Waals surface area (Å²) in [6, 6.07) is 0. The Balaban J connectivity index is 2.35. The van der Waals surface area contributed by atoms with Gasteiger partial charge in [0.1, 0.15) is 0 Å². The van der Waals surface area contributed by atoms with E-state index in [2.05, 4.69) is 10.3 Å². The predicted octanol–water partition coefficient (Wildman–Crippen LogP) is 1.24. The van der Waals surface area contributed by atoms with Crippen molar-refractivity contribution in [3.8, 4) is 0 Å². The van der Waals surface area contributed by atoms with E-state index in [1.165, 1.54) is 4.88 Å². The summed E-state index contributed by atoms with van der Waals surface area (Å²) in [5, 5.41) is 3.33. The molecule has 3 N–H and O–H groups in total. The van der Waals surface area contributed by atoms with Gasteiger partial charge in [0.2, 0.25) is 5.91 Å². The van der Waals surface area contributed by atoms with Crippen LogP contribution in [-0.4, -0.2) is 23.0 Å². The van der Waals surface area contributed by atoms with Crippen LogP contribution in [-0.2, 0) is 11.2 Å². The molecule has 0 unspecified atom stereocenters. The lowest BCUT2D eigenvalue weighted by Gasteiger charge is -2.24. The highest BCUT2D eigenvalue weighted by atomic mass is 32.1. The molecule has 0 saturated heterocycles. The van der Waals surface area contributed by atoms with Crippen LogP contribution in [0.2, 0.25) is 0 Å². The summed E-state index contributed by atoms with van der Waals surface area (Å²) in [4.78, 5) is 16.3. The monoisotopic (exact) mass is 241 g/mol.